The molecular formula is C19H16N6O3S. The first-order valence-corrected chi connectivity index (χ1v) is 9.30. The van der Waals surface area contributed by atoms with Gasteiger partial charge in [0.1, 0.15) is 27.8 Å². The van der Waals surface area contributed by atoms with Crippen molar-refractivity contribution in [2.45, 2.75) is 6.92 Å². The Kier molecular flexibility index (Phi) is 4.74. The molecule has 0 aliphatic carbocycles. The normalized spacial score (nSPS) is 10.7. The fourth-order valence-electron chi connectivity index (χ4n) is 3.07. The van der Waals surface area contributed by atoms with Crippen LogP contribution in [-0.4, -0.2) is 46.5 Å². The van der Waals surface area contributed by atoms with Gasteiger partial charge in [0.15, 0.2) is 23.1 Å². The number of nitrogens with zero attached hydrogens (tertiary/aromatic N) is 5. The van der Waals surface area contributed by atoms with E-state index in [1.54, 1.807) is 33.5 Å². The molecule has 3 aromatic heterocycles. The van der Waals surface area contributed by atoms with Crippen molar-refractivity contribution < 1.29 is 14.2 Å². The molecule has 1 N–H and O–H groups in total. The molecule has 4 rings (SSSR count). The molecule has 0 spiro atoms. The molecule has 0 amide bonds. The van der Waals surface area contributed by atoms with Crippen LogP contribution in [0.5, 0.6) is 17.2 Å². The number of hydrogen-bond donors (Lipinski definition) is 1. The van der Waals surface area contributed by atoms with Gasteiger partial charge in [-0.2, -0.15) is 10.4 Å². The van der Waals surface area contributed by atoms with Crippen molar-refractivity contribution in [2.24, 2.45) is 0 Å². The summed E-state index contributed by atoms with van der Waals surface area (Å²) < 4.78 is 16.3. The summed E-state index contributed by atoms with van der Waals surface area (Å²) in [5.74, 6) is 2.32. The van der Waals surface area contributed by atoms with Gasteiger partial charge >= 0.3 is 0 Å². The second kappa shape index (κ2) is 7.37. The lowest BCUT2D eigenvalue weighted by Crippen LogP contribution is -1.99. The summed E-state index contributed by atoms with van der Waals surface area (Å²) in [4.78, 5) is 14.9. The molecule has 9 nitrogen and oxygen atoms in total. The number of H-pyrrole nitrogens is 1. The second-order valence-electron chi connectivity index (χ2n) is 5.98. The zero-order valence-corrected chi connectivity index (χ0v) is 16.9. The van der Waals surface area contributed by atoms with Gasteiger partial charge in [-0.15, -0.1) is 11.3 Å². The molecule has 146 valence electrons. The lowest BCUT2D eigenvalue weighted by molar-refractivity contribution is 0.324. The van der Waals surface area contributed by atoms with Crippen LogP contribution in [0.15, 0.2) is 18.5 Å². The molecule has 1 aromatic carbocycles. The number of aromatic amines is 1. The molecule has 0 saturated carbocycles. The molecule has 3 heterocycles. The van der Waals surface area contributed by atoms with Crippen LogP contribution in [0.4, 0.5) is 0 Å². The lowest BCUT2D eigenvalue weighted by Gasteiger charge is -2.14. The molecule has 0 bridgehead atoms. The molecule has 29 heavy (non-hydrogen) atoms. The van der Waals surface area contributed by atoms with Crippen molar-refractivity contribution in [3.05, 3.63) is 28.9 Å². The Morgan fingerprint density at radius 2 is 1.76 bits per heavy atom. The van der Waals surface area contributed by atoms with Crippen molar-refractivity contribution >= 4 is 21.6 Å². The maximum atomic E-state index is 9.45. The highest BCUT2D eigenvalue weighted by atomic mass is 32.1. The summed E-state index contributed by atoms with van der Waals surface area (Å²) in [5, 5.41) is 17.1. The molecule has 0 aliphatic rings. The lowest BCUT2D eigenvalue weighted by atomic mass is 10.1. The van der Waals surface area contributed by atoms with Crippen LogP contribution in [-0.2, 0) is 0 Å². The van der Waals surface area contributed by atoms with Gasteiger partial charge in [-0.1, -0.05) is 0 Å². The van der Waals surface area contributed by atoms with Gasteiger partial charge in [0, 0.05) is 10.9 Å². The fraction of sp³-hybridized carbons (Fsp3) is 0.211. The number of aromatic nitrogens is 5. The number of benzene rings is 1. The van der Waals surface area contributed by atoms with Gasteiger partial charge in [0.2, 0.25) is 5.75 Å². The summed E-state index contributed by atoms with van der Waals surface area (Å²) in [6.45, 7) is 1.87. The maximum Gasteiger partial charge on any atom is 0.203 e. The average molecular weight is 408 g/mol. The highest BCUT2D eigenvalue weighted by Crippen LogP contribution is 2.42. The van der Waals surface area contributed by atoms with E-state index in [4.69, 9.17) is 24.2 Å². The van der Waals surface area contributed by atoms with Crippen molar-refractivity contribution in [3.63, 3.8) is 0 Å². The van der Waals surface area contributed by atoms with Gasteiger partial charge in [-0.05, 0) is 24.6 Å². The number of hydrogen-bond acceptors (Lipinski definition) is 9. The van der Waals surface area contributed by atoms with E-state index >= 15 is 0 Å². The topological polar surface area (TPSA) is 119 Å². The summed E-state index contributed by atoms with van der Waals surface area (Å²) in [7, 11) is 4.64. The number of thiophene rings is 1. The van der Waals surface area contributed by atoms with Gasteiger partial charge in [0.25, 0.3) is 0 Å². The Bertz CT molecular complexity index is 1220. The van der Waals surface area contributed by atoms with E-state index in [2.05, 4.69) is 21.3 Å². The summed E-state index contributed by atoms with van der Waals surface area (Å²) in [5.41, 5.74) is 2.03. The number of nitriles is 1. The first kappa shape index (κ1) is 18.6. The van der Waals surface area contributed by atoms with E-state index in [-0.39, 0.29) is 0 Å². The van der Waals surface area contributed by atoms with E-state index in [1.165, 1.54) is 17.7 Å². The number of aryl methyl sites for hydroxylation is 1. The Morgan fingerprint density at radius 1 is 1.03 bits per heavy atom. The zero-order valence-electron chi connectivity index (χ0n) is 16.1. The predicted octanol–water partition coefficient (Wildman–Crippen LogP) is 3.35. The monoisotopic (exact) mass is 408 g/mol. The molecule has 0 fully saturated rings. The zero-order chi connectivity index (χ0) is 20.5. The number of nitrogens with one attached hydrogen (secondary N) is 1. The van der Waals surface area contributed by atoms with Crippen LogP contribution in [0.3, 0.4) is 0 Å². The Labute approximate surface area is 169 Å². The molecule has 0 unspecified atom stereocenters. The number of ether oxygens (including phenoxy) is 3. The van der Waals surface area contributed by atoms with Gasteiger partial charge < -0.3 is 14.2 Å². The van der Waals surface area contributed by atoms with Crippen molar-refractivity contribution in [3.8, 4) is 46.2 Å². The Morgan fingerprint density at radius 3 is 2.31 bits per heavy atom. The minimum atomic E-state index is 0.427. The standard InChI is InChI=1S/C19H16N6O3S/c1-9-13(7-20)29-19-14(9)15(18-21-8-22-25-18)23-17(24-19)10-5-11(26-2)16(28-4)12(6-10)27-3/h5-6,8H,1-4H3,(H,21,22,25). The quantitative estimate of drug-likeness (QED) is 0.534. The van der Waals surface area contributed by atoms with Crippen molar-refractivity contribution in [2.75, 3.05) is 21.3 Å². The van der Waals surface area contributed by atoms with E-state index in [9.17, 15) is 5.26 Å². The van der Waals surface area contributed by atoms with Gasteiger partial charge in [0.05, 0.1) is 21.3 Å². The molecule has 0 radical (unpaired) electrons. The predicted molar refractivity (Wildman–Crippen MR) is 107 cm³/mol. The third kappa shape index (κ3) is 3.01. The largest absolute Gasteiger partial charge is 0.493 e. The molecule has 10 heteroatoms. The van der Waals surface area contributed by atoms with Crippen LogP contribution in [0, 0.1) is 18.3 Å². The third-order valence-electron chi connectivity index (χ3n) is 4.44. The first-order valence-electron chi connectivity index (χ1n) is 8.49. The highest BCUT2D eigenvalue weighted by molar-refractivity contribution is 7.19. The fourth-order valence-corrected chi connectivity index (χ4v) is 4.05. The number of methoxy groups -OCH3 is 3. The van der Waals surface area contributed by atoms with E-state index in [0.29, 0.717) is 49.9 Å². The third-order valence-corrected chi connectivity index (χ3v) is 5.53. The maximum absolute atomic E-state index is 9.45. The molecule has 0 aliphatic heterocycles. The number of fused-ring (bicyclic) bond motifs is 1. The molecule has 4 aromatic rings. The van der Waals surface area contributed by atoms with E-state index in [1.807, 2.05) is 6.92 Å². The highest BCUT2D eigenvalue weighted by Gasteiger charge is 2.22. The van der Waals surface area contributed by atoms with Crippen LogP contribution in [0.25, 0.3) is 33.1 Å². The summed E-state index contributed by atoms with van der Waals surface area (Å²) in [6, 6.07) is 5.76. The van der Waals surface area contributed by atoms with Crippen molar-refractivity contribution in [1.82, 2.24) is 25.1 Å². The van der Waals surface area contributed by atoms with Crippen LogP contribution < -0.4 is 14.2 Å². The molecular weight excluding hydrogens is 392 g/mol. The van der Waals surface area contributed by atoms with Crippen LogP contribution in [0.1, 0.15) is 10.4 Å². The SMILES string of the molecule is COc1cc(-c2nc(-c3nc[nH]n3)c3c(C)c(C#N)sc3n2)cc(OC)c1OC. The Balaban J connectivity index is 2.02. The minimum Gasteiger partial charge on any atom is -0.493 e. The average Bonchev–Trinajstić information content (AvgIpc) is 3.40. The second-order valence-corrected chi connectivity index (χ2v) is 6.98. The Hall–Kier alpha value is -3.71. The molecule has 0 atom stereocenters. The number of rotatable bonds is 5. The van der Waals surface area contributed by atoms with Gasteiger partial charge in [-0.25, -0.2) is 15.0 Å². The smallest absolute Gasteiger partial charge is 0.203 e. The van der Waals surface area contributed by atoms with Crippen LogP contribution >= 0.6 is 11.3 Å². The molecule has 0 saturated heterocycles. The van der Waals surface area contributed by atoms with E-state index < -0.39 is 0 Å². The minimum absolute atomic E-state index is 0.427. The van der Waals surface area contributed by atoms with Gasteiger partial charge in [-0.3, -0.25) is 5.10 Å². The summed E-state index contributed by atoms with van der Waals surface area (Å²) >= 11 is 1.31. The first-order chi connectivity index (χ1) is 14.1. The van der Waals surface area contributed by atoms with Crippen LogP contribution in [0.2, 0.25) is 0 Å². The van der Waals surface area contributed by atoms with E-state index in [0.717, 1.165) is 10.9 Å². The summed E-state index contributed by atoms with van der Waals surface area (Å²) in [6.07, 6.45) is 1.48. The van der Waals surface area contributed by atoms with Crippen molar-refractivity contribution in [1.29, 1.82) is 5.26 Å².